The van der Waals surface area contributed by atoms with E-state index in [0.717, 1.165) is 24.8 Å². The molecule has 0 amide bonds. The molecule has 0 spiro atoms. The van der Waals surface area contributed by atoms with E-state index in [1.54, 1.807) is 0 Å². The lowest BCUT2D eigenvalue weighted by atomic mass is 10.1. The van der Waals surface area contributed by atoms with Crippen molar-refractivity contribution in [3.63, 3.8) is 0 Å². The van der Waals surface area contributed by atoms with Crippen molar-refractivity contribution >= 4 is 19.7 Å². The lowest BCUT2D eigenvalue weighted by molar-refractivity contribution is 0.602. The van der Waals surface area contributed by atoms with Gasteiger partial charge < -0.3 is 0 Å². The molecule has 0 bridgehead atoms. The summed E-state index contributed by atoms with van der Waals surface area (Å²) in [5.41, 5.74) is 3.44. The monoisotopic (exact) mass is 283 g/mol. The second-order valence-corrected chi connectivity index (χ2v) is 6.72. The SMILES string of the molecule is O=S(=O)(Cl)c1nc(-c2ccc3c(c2)CCC3)n[nH]1. The summed E-state index contributed by atoms with van der Waals surface area (Å²) in [6, 6.07) is 5.96. The number of fused-ring (bicyclic) bond motifs is 1. The lowest BCUT2D eigenvalue weighted by Gasteiger charge is -2.00. The van der Waals surface area contributed by atoms with Gasteiger partial charge in [-0.05, 0) is 36.5 Å². The van der Waals surface area contributed by atoms with Gasteiger partial charge in [-0.25, -0.2) is 13.5 Å². The normalized spacial score (nSPS) is 14.7. The number of aromatic amines is 1. The molecule has 1 aliphatic rings. The third kappa shape index (κ3) is 2.02. The fraction of sp³-hybridized carbons (Fsp3) is 0.273. The van der Waals surface area contributed by atoms with Crippen molar-refractivity contribution in [1.29, 1.82) is 0 Å². The summed E-state index contributed by atoms with van der Waals surface area (Å²) in [6.45, 7) is 0. The predicted octanol–water partition coefficient (Wildman–Crippen LogP) is 1.89. The van der Waals surface area contributed by atoms with Gasteiger partial charge in [0.1, 0.15) is 0 Å². The Balaban J connectivity index is 2.03. The van der Waals surface area contributed by atoms with Crippen LogP contribution in [-0.4, -0.2) is 23.6 Å². The van der Waals surface area contributed by atoms with Crippen molar-refractivity contribution in [1.82, 2.24) is 15.2 Å². The molecule has 5 nitrogen and oxygen atoms in total. The van der Waals surface area contributed by atoms with Crippen LogP contribution < -0.4 is 0 Å². The summed E-state index contributed by atoms with van der Waals surface area (Å²) in [5.74, 6) is 0.351. The van der Waals surface area contributed by atoms with E-state index in [1.165, 1.54) is 11.1 Å². The van der Waals surface area contributed by atoms with Crippen molar-refractivity contribution in [3.05, 3.63) is 29.3 Å². The van der Waals surface area contributed by atoms with Gasteiger partial charge in [-0.3, -0.25) is 0 Å². The summed E-state index contributed by atoms with van der Waals surface area (Å²) in [6.07, 6.45) is 3.31. The first-order chi connectivity index (χ1) is 8.54. The first-order valence-electron chi connectivity index (χ1n) is 5.53. The van der Waals surface area contributed by atoms with Gasteiger partial charge in [-0.2, -0.15) is 10.1 Å². The Bertz CT molecular complexity index is 709. The largest absolute Gasteiger partial charge is 0.296 e. The minimum absolute atomic E-state index is 0.320. The molecule has 3 rings (SSSR count). The van der Waals surface area contributed by atoms with Crippen LogP contribution in [0, 0.1) is 0 Å². The lowest BCUT2D eigenvalue weighted by Crippen LogP contribution is -1.93. The molecule has 7 heteroatoms. The van der Waals surface area contributed by atoms with Gasteiger partial charge in [0.15, 0.2) is 5.82 Å². The molecule has 1 N–H and O–H groups in total. The molecule has 0 atom stereocenters. The Labute approximate surface area is 109 Å². The van der Waals surface area contributed by atoms with E-state index in [9.17, 15) is 8.42 Å². The van der Waals surface area contributed by atoms with Crippen LogP contribution in [-0.2, 0) is 21.9 Å². The first kappa shape index (κ1) is 11.7. The summed E-state index contributed by atoms with van der Waals surface area (Å²) in [7, 11) is 1.33. The van der Waals surface area contributed by atoms with Crippen LogP contribution in [0.15, 0.2) is 23.4 Å². The van der Waals surface area contributed by atoms with E-state index in [2.05, 4.69) is 15.2 Å². The quantitative estimate of drug-likeness (QED) is 0.854. The molecular weight excluding hydrogens is 274 g/mol. The van der Waals surface area contributed by atoms with Crippen LogP contribution in [0.4, 0.5) is 0 Å². The number of benzene rings is 1. The zero-order valence-corrected chi connectivity index (χ0v) is 10.9. The highest BCUT2D eigenvalue weighted by Crippen LogP contribution is 2.26. The average molecular weight is 284 g/mol. The van der Waals surface area contributed by atoms with Gasteiger partial charge in [0.2, 0.25) is 0 Å². The number of nitrogens with zero attached hydrogens (tertiary/aromatic N) is 2. The number of aryl methyl sites for hydroxylation is 2. The molecule has 0 saturated carbocycles. The zero-order chi connectivity index (χ0) is 12.8. The van der Waals surface area contributed by atoms with Crippen LogP contribution in [0.1, 0.15) is 17.5 Å². The highest BCUT2D eigenvalue weighted by atomic mass is 35.7. The van der Waals surface area contributed by atoms with Crippen LogP contribution in [0.5, 0.6) is 0 Å². The first-order valence-corrected chi connectivity index (χ1v) is 7.84. The number of hydrogen-bond donors (Lipinski definition) is 1. The van der Waals surface area contributed by atoms with E-state index in [-0.39, 0.29) is 5.16 Å². The van der Waals surface area contributed by atoms with E-state index >= 15 is 0 Å². The molecule has 0 unspecified atom stereocenters. The molecule has 94 valence electrons. The molecule has 18 heavy (non-hydrogen) atoms. The van der Waals surface area contributed by atoms with E-state index in [1.807, 2.05) is 18.2 Å². The van der Waals surface area contributed by atoms with Gasteiger partial charge in [-0.1, -0.05) is 12.1 Å². The van der Waals surface area contributed by atoms with Crippen molar-refractivity contribution in [2.45, 2.75) is 24.4 Å². The van der Waals surface area contributed by atoms with Gasteiger partial charge in [0.05, 0.1) is 0 Å². The number of aromatic nitrogens is 3. The molecule has 1 aromatic heterocycles. The van der Waals surface area contributed by atoms with Gasteiger partial charge in [-0.15, -0.1) is 0 Å². The molecule has 2 aromatic rings. The fourth-order valence-corrected chi connectivity index (χ4v) is 2.75. The Kier molecular flexibility index (Phi) is 2.64. The highest BCUT2D eigenvalue weighted by molar-refractivity contribution is 8.13. The molecule has 0 aliphatic heterocycles. The number of nitrogens with one attached hydrogen (secondary N) is 1. The minimum Gasteiger partial charge on any atom is -0.248 e. The van der Waals surface area contributed by atoms with E-state index < -0.39 is 9.05 Å². The standard InChI is InChI=1S/C11H10ClN3O2S/c12-18(16,17)11-13-10(14-15-11)9-5-4-7-2-1-3-8(7)6-9/h4-6H,1-3H2,(H,13,14,15). The molecule has 1 aromatic carbocycles. The third-order valence-corrected chi connectivity index (χ3v) is 4.14. The fourth-order valence-electron chi connectivity index (χ4n) is 2.20. The van der Waals surface area contributed by atoms with Crippen LogP contribution in [0.2, 0.25) is 0 Å². The van der Waals surface area contributed by atoms with Crippen LogP contribution >= 0.6 is 10.7 Å². The summed E-state index contributed by atoms with van der Waals surface area (Å²) >= 11 is 0. The van der Waals surface area contributed by atoms with Crippen LogP contribution in [0.3, 0.4) is 0 Å². The van der Waals surface area contributed by atoms with E-state index in [4.69, 9.17) is 10.7 Å². The molecule has 1 aliphatic carbocycles. The number of halogens is 1. The Morgan fingerprint density at radius 2 is 2.00 bits per heavy atom. The summed E-state index contributed by atoms with van der Waals surface area (Å²) < 4.78 is 22.2. The maximum absolute atomic E-state index is 11.1. The van der Waals surface area contributed by atoms with Gasteiger partial charge in [0.25, 0.3) is 14.2 Å². The topological polar surface area (TPSA) is 75.7 Å². The maximum atomic E-state index is 11.1. The van der Waals surface area contributed by atoms with Crippen molar-refractivity contribution in [2.75, 3.05) is 0 Å². The molecule has 1 heterocycles. The predicted molar refractivity (Wildman–Crippen MR) is 66.9 cm³/mol. The van der Waals surface area contributed by atoms with Crippen molar-refractivity contribution < 1.29 is 8.42 Å². The summed E-state index contributed by atoms with van der Waals surface area (Å²) in [5, 5.41) is 5.89. The highest BCUT2D eigenvalue weighted by Gasteiger charge is 2.18. The maximum Gasteiger partial charge on any atom is 0.296 e. The number of hydrogen-bond acceptors (Lipinski definition) is 4. The minimum atomic E-state index is -3.86. The zero-order valence-electron chi connectivity index (χ0n) is 9.35. The second kappa shape index (κ2) is 4.07. The molecule has 0 radical (unpaired) electrons. The third-order valence-electron chi connectivity index (χ3n) is 3.05. The average Bonchev–Trinajstić information content (AvgIpc) is 2.96. The van der Waals surface area contributed by atoms with Crippen molar-refractivity contribution in [3.8, 4) is 11.4 Å². The second-order valence-electron chi connectivity index (χ2n) is 4.24. The number of rotatable bonds is 2. The summed E-state index contributed by atoms with van der Waals surface area (Å²) in [4.78, 5) is 3.89. The Hall–Kier alpha value is -1.40. The molecular formula is C11H10ClN3O2S. The Morgan fingerprint density at radius 1 is 1.22 bits per heavy atom. The molecule has 0 fully saturated rings. The van der Waals surface area contributed by atoms with E-state index in [0.29, 0.717) is 5.82 Å². The van der Waals surface area contributed by atoms with Gasteiger partial charge in [0, 0.05) is 16.2 Å². The van der Waals surface area contributed by atoms with Crippen molar-refractivity contribution in [2.24, 2.45) is 0 Å². The Morgan fingerprint density at radius 3 is 2.72 bits per heavy atom. The smallest absolute Gasteiger partial charge is 0.248 e. The van der Waals surface area contributed by atoms with Gasteiger partial charge >= 0.3 is 0 Å². The molecule has 0 saturated heterocycles. The number of H-pyrrole nitrogens is 1. The van der Waals surface area contributed by atoms with Crippen LogP contribution in [0.25, 0.3) is 11.4 Å².